The van der Waals surface area contributed by atoms with Crippen molar-refractivity contribution in [1.29, 1.82) is 0 Å². The van der Waals surface area contributed by atoms with Gasteiger partial charge in [0.2, 0.25) is 0 Å². The number of ether oxygens (including phenoxy) is 2. The highest BCUT2D eigenvalue weighted by atomic mass is 79.9. The van der Waals surface area contributed by atoms with E-state index in [1.54, 1.807) is 0 Å². The van der Waals surface area contributed by atoms with Crippen LogP contribution in [-0.4, -0.2) is 62.2 Å². The van der Waals surface area contributed by atoms with Crippen LogP contribution in [-0.2, 0) is 14.0 Å². The predicted octanol–water partition coefficient (Wildman–Crippen LogP) is 2.70. The molecule has 3 aliphatic rings. The van der Waals surface area contributed by atoms with Gasteiger partial charge in [0, 0.05) is 36.2 Å². The van der Waals surface area contributed by atoms with Gasteiger partial charge in [0.15, 0.2) is 0 Å². The van der Waals surface area contributed by atoms with Gasteiger partial charge >= 0.3 is 7.52 Å². The first-order valence-electron chi connectivity index (χ1n) is 7.92. The van der Waals surface area contributed by atoms with Gasteiger partial charge in [-0.25, -0.2) is 4.67 Å². The summed E-state index contributed by atoms with van der Waals surface area (Å²) in [6, 6.07) is 5.88. The van der Waals surface area contributed by atoms with Crippen LogP contribution in [0.4, 0.5) is 0 Å². The van der Waals surface area contributed by atoms with Gasteiger partial charge in [-0.1, -0.05) is 15.9 Å². The Labute approximate surface area is 144 Å². The Morgan fingerprint density at radius 1 is 1.04 bits per heavy atom. The molecule has 6 nitrogen and oxygen atoms in total. The molecule has 2 atom stereocenters. The van der Waals surface area contributed by atoms with Crippen LogP contribution in [0.3, 0.4) is 0 Å². The number of morpholine rings is 2. The van der Waals surface area contributed by atoms with Crippen LogP contribution in [0.15, 0.2) is 22.7 Å². The van der Waals surface area contributed by atoms with E-state index < -0.39 is 7.52 Å². The Morgan fingerprint density at radius 3 is 2.39 bits per heavy atom. The molecule has 23 heavy (non-hydrogen) atoms. The van der Waals surface area contributed by atoms with Gasteiger partial charge in [0.05, 0.1) is 26.4 Å². The van der Waals surface area contributed by atoms with Crippen molar-refractivity contribution < 1.29 is 18.6 Å². The van der Waals surface area contributed by atoms with Crippen LogP contribution in [0, 0.1) is 0 Å². The third kappa shape index (κ3) is 2.88. The second-order valence-corrected chi connectivity index (χ2v) is 9.21. The standard InChI is InChI=1S/C15H20BrN2O4P/c16-12-1-2-14-13(11-12)15(17-3-7-20-8-4-17)23(19,22-14)18-5-9-21-10-6-18/h1-2,11,15H,3-10H2/t15-,23+/m1/s1. The second-order valence-electron chi connectivity index (χ2n) is 5.93. The lowest BCUT2D eigenvalue weighted by Crippen LogP contribution is -2.42. The van der Waals surface area contributed by atoms with Crippen molar-refractivity contribution in [2.45, 2.75) is 5.78 Å². The Bertz CT molecular complexity index is 632. The molecule has 0 unspecified atom stereocenters. The van der Waals surface area contributed by atoms with Gasteiger partial charge in [-0.15, -0.1) is 0 Å². The van der Waals surface area contributed by atoms with Crippen LogP contribution in [0.5, 0.6) is 5.75 Å². The van der Waals surface area contributed by atoms with Gasteiger partial charge in [0.25, 0.3) is 0 Å². The molecule has 126 valence electrons. The van der Waals surface area contributed by atoms with Crippen molar-refractivity contribution in [1.82, 2.24) is 9.57 Å². The fourth-order valence-corrected chi connectivity index (χ4v) is 6.71. The Kier molecular flexibility index (Phi) is 4.52. The zero-order valence-corrected chi connectivity index (χ0v) is 15.3. The molecule has 3 aliphatic heterocycles. The summed E-state index contributed by atoms with van der Waals surface area (Å²) in [5, 5.41) is 0. The predicted molar refractivity (Wildman–Crippen MR) is 89.9 cm³/mol. The topological polar surface area (TPSA) is 51.2 Å². The van der Waals surface area contributed by atoms with Crippen molar-refractivity contribution in [3.63, 3.8) is 0 Å². The Morgan fingerprint density at radius 2 is 1.70 bits per heavy atom. The highest BCUT2D eigenvalue weighted by Gasteiger charge is 2.52. The zero-order chi connectivity index (χ0) is 15.9. The summed E-state index contributed by atoms with van der Waals surface area (Å²) in [6.07, 6.45) is 0. The summed E-state index contributed by atoms with van der Waals surface area (Å²) >= 11 is 3.53. The average molecular weight is 403 g/mol. The number of halogens is 1. The molecule has 0 N–H and O–H groups in total. The van der Waals surface area contributed by atoms with Crippen LogP contribution >= 0.6 is 23.4 Å². The van der Waals surface area contributed by atoms with Crippen molar-refractivity contribution in [2.75, 3.05) is 52.6 Å². The lowest BCUT2D eigenvalue weighted by atomic mass is 10.2. The molecular formula is C15H20BrN2O4P. The van der Waals surface area contributed by atoms with Gasteiger partial charge in [-0.05, 0) is 18.2 Å². The number of nitrogens with zero attached hydrogens (tertiary/aromatic N) is 2. The molecule has 0 radical (unpaired) electrons. The summed E-state index contributed by atoms with van der Waals surface area (Å²) in [7, 11) is -3.02. The maximum Gasteiger partial charge on any atom is 0.340 e. The molecule has 4 rings (SSSR count). The summed E-state index contributed by atoms with van der Waals surface area (Å²) in [5.41, 5.74) is 1.01. The van der Waals surface area contributed by atoms with Gasteiger partial charge < -0.3 is 14.0 Å². The van der Waals surface area contributed by atoms with E-state index >= 15 is 0 Å². The summed E-state index contributed by atoms with van der Waals surface area (Å²) in [5.74, 6) is 0.511. The third-order valence-corrected chi connectivity index (χ3v) is 7.92. The molecule has 1 aromatic carbocycles. The average Bonchev–Trinajstić information content (AvgIpc) is 2.89. The smallest absolute Gasteiger partial charge is 0.340 e. The highest BCUT2D eigenvalue weighted by molar-refractivity contribution is 9.10. The Hall–Kier alpha value is -0.430. The summed E-state index contributed by atoms with van der Waals surface area (Å²) in [6.45, 7) is 5.38. The normalized spacial score (nSPS) is 32.5. The molecule has 0 aliphatic carbocycles. The van der Waals surface area contributed by atoms with E-state index in [0.717, 1.165) is 28.9 Å². The largest absolute Gasteiger partial charge is 0.431 e. The van der Waals surface area contributed by atoms with Crippen LogP contribution < -0.4 is 4.52 Å². The molecule has 0 spiro atoms. The van der Waals surface area contributed by atoms with E-state index in [1.165, 1.54) is 0 Å². The maximum absolute atomic E-state index is 13.9. The van der Waals surface area contributed by atoms with Gasteiger partial charge in [0.1, 0.15) is 11.5 Å². The lowest BCUT2D eigenvalue weighted by Gasteiger charge is -2.39. The first-order valence-corrected chi connectivity index (χ1v) is 10.4. The van der Waals surface area contributed by atoms with Crippen molar-refractivity contribution in [2.24, 2.45) is 0 Å². The van der Waals surface area contributed by atoms with Crippen molar-refractivity contribution >= 4 is 23.4 Å². The maximum atomic E-state index is 13.9. The minimum Gasteiger partial charge on any atom is -0.431 e. The molecular weight excluding hydrogens is 383 g/mol. The van der Waals surface area contributed by atoms with E-state index in [-0.39, 0.29) is 5.78 Å². The number of rotatable bonds is 2. The van der Waals surface area contributed by atoms with Crippen LogP contribution in [0.25, 0.3) is 0 Å². The fraction of sp³-hybridized carbons (Fsp3) is 0.600. The Balaban J connectivity index is 1.74. The minimum atomic E-state index is -3.02. The summed E-state index contributed by atoms with van der Waals surface area (Å²) in [4.78, 5) is 2.25. The summed E-state index contributed by atoms with van der Waals surface area (Å²) < 4.78 is 33.9. The van der Waals surface area contributed by atoms with Crippen molar-refractivity contribution in [3.8, 4) is 5.75 Å². The van der Waals surface area contributed by atoms with Gasteiger partial charge in [-0.3, -0.25) is 9.46 Å². The molecule has 0 aromatic heterocycles. The molecule has 2 fully saturated rings. The molecule has 2 saturated heterocycles. The lowest BCUT2D eigenvalue weighted by molar-refractivity contribution is 0.0263. The molecule has 1 aromatic rings. The molecule has 0 saturated carbocycles. The van der Waals surface area contributed by atoms with E-state index in [0.29, 0.717) is 39.5 Å². The number of fused-ring (bicyclic) bond motifs is 1. The van der Waals surface area contributed by atoms with Crippen molar-refractivity contribution in [3.05, 3.63) is 28.2 Å². The first-order chi connectivity index (χ1) is 11.2. The van der Waals surface area contributed by atoms with E-state index in [9.17, 15) is 4.57 Å². The van der Waals surface area contributed by atoms with E-state index in [1.807, 2.05) is 22.9 Å². The van der Waals surface area contributed by atoms with E-state index in [2.05, 4.69) is 20.8 Å². The molecule has 0 amide bonds. The van der Waals surface area contributed by atoms with Crippen LogP contribution in [0.2, 0.25) is 0 Å². The SMILES string of the molecule is O=[P@]1(N2CCOCC2)Oc2ccc(Br)cc2[C@@H]1N1CCOCC1. The number of hydrogen-bond donors (Lipinski definition) is 0. The number of benzene rings is 1. The van der Waals surface area contributed by atoms with E-state index in [4.69, 9.17) is 14.0 Å². The molecule has 8 heteroatoms. The quantitative estimate of drug-likeness (QED) is 0.708. The third-order valence-electron chi connectivity index (χ3n) is 4.56. The molecule has 3 heterocycles. The fourth-order valence-electron chi connectivity index (χ4n) is 3.44. The zero-order valence-electron chi connectivity index (χ0n) is 12.8. The second kappa shape index (κ2) is 6.47. The van der Waals surface area contributed by atoms with Gasteiger partial charge in [-0.2, -0.15) is 0 Å². The molecule has 0 bridgehead atoms. The first kappa shape index (κ1) is 16.1. The number of hydrogen-bond acceptors (Lipinski definition) is 5. The van der Waals surface area contributed by atoms with Crippen LogP contribution in [0.1, 0.15) is 11.3 Å². The minimum absolute atomic E-state index is 0.225. The monoisotopic (exact) mass is 402 g/mol. The highest BCUT2D eigenvalue weighted by Crippen LogP contribution is 2.70.